The summed E-state index contributed by atoms with van der Waals surface area (Å²) in [7, 11) is 3.50. The lowest BCUT2D eigenvalue weighted by atomic mass is 9.79. The number of ether oxygens (including phenoxy) is 2. The number of likely N-dealkylation sites (tertiary alicyclic amines) is 1. The zero-order valence-corrected chi connectivity index (χ0v) is 100. The molecule has 0 spiro atoms. The summed E-state index contributed by atoms with van der Waals surface area (Å²) in [6, 6.07) is 0.612. The van der Waals surface area contributed by atoms with Crippen LogP contribution in [0.2, 0.25) is 0 Å². The monoisotopic (exact) mass is 2100 g/mol. The van der Waals surface area contributed by atoms with Gasteiger partial charge >= 0.3 is 18.0 Å². The summed E-state index contributed by atoms with van der Waals surface area (Å²) in [5.74, 6) is 9.83. The lowest BCUT2D eigenvalue weighted by Crippen LogP contribution is -2.38. The zero-order chi connectivity index (χ0) is 113. The topological polar surface area (TPSA) is 356 Å². The van der Waals surface area contributed by atoms with Crippen LogP contribution in [-0.2, 0) is 47.8 Å². The van der Waals surface area contributed by atoms with E-state index >= 15 is 0 Å². The molecule has 7 fully saturated rings. The van der Waals surface area contributed by atoms with Gasteiger partial charge in [-0.05, 0) is 286 Å². The average Bonchev–Trinajstić information content (AvgIpc) is 1.20. The van der Waals surface area contributed by atoms with Gasteiger partial charge in [-0.25, -0.2) is 18.4 Å². The molecule has 0 aromatic carbocycles. The standard InChI is InChI=1S/C12H21F2NO.C12H23NO.C12H22O2.C11H22N2O.C11H21NO2.C10H19NO.C9H20N2O.C9H17NO.C9H15NO.2C9H19N.C8H17NO/c1-9(2)4-3-5-15-11(16)6-10-7-12(13,14)8-10;1-10(2)5-4-8-13-12(14)9-11-6-3-7-11;1-10(2)5-4-8-14-12(13)9-11-6-3-7-11;1-10(2)6-5-7-12-11(14)13-8-3-4-9-13;1-9(2)4-3-5-12-11(13)6-10-7-14-8-10;1-8(2)4-3-5-9-6-7-10(12)11-9;1-8(2)6-5-7-10-9(12)11(3)4;2*1-7(2)3-4-8-5-9(11)10-6-8;2*1-8(2)6-4-5-7-9(3)10;1-7(2)5-4-6-9-8(3)10/h9-10H,3-8H2,1-2H3,(H,15,16);10-11H,3-9H2,1-2H3,(H,13,14);10-11H,3-9H2,1-2H3;10H,3-9H2,1-2H3,(H,12,14);9-10H,3-8H2,1-2H3,(H,12,13);8-9H,3-7H2,1-2H3,(H,11,12);8H,5-7H2,1-4H3,(H,10,12);7-8H,3-6H2,1-2H3,(H,10,11);6-7H,3-5H2,1-2H3,(H,10,11);2*8H,3-7,10H2,1-2H3;7H,4-6H2,1-3H3,(H,9,10). The molecule has 0 radical (unpaired) electrons. The zero-order valence-electron chi connectivity index (χ0n) is 100. The number of unbranched alkanes of at least 4 members (excludes halogenated alkanes) is 2. The molecule has 4 saturated heterocycles. The Morgan fingerprint density at radius 3 is 1.16 bits per heavy atom. The van der Waals surface area contributed by atoms with Crippen molar-refractivity contribution in [1.29, 1.82) is 0 Å². The van der Waals surface area contributed by atoms with Crippen molar-refractivity contribution in [2.45, 2.75) is 487 Å². The van der Waals surface area contributed by atoms with Crippen molar-refractivity contribution < 1.29 is 66.2 Å². The van der Waals surface area contributed by atoms with Crippen LogP contribution < -0.4 is 59.3 Å². The van der Waals surface area contributed by atoms with Crippen molar-refractivity contribution in [3.05, 3.63) is 36.3 Å². The summed E-state index contributed by atoms with van der Waals surface area (Å²) in [5.41, 5.74) is 13.7. The molecule has 13 N–H and O–H groups in total. The number of halogens is 2. The van der Waals surface area contributed by atoms with E-state index in [1.165, 1.54) is 166 Å². The number of hydrogen-bond acceptors (Lipinski definition) is 14. The summed E-state index contributed by atoms with van der Waals surface area (Å²) in [6.07, 6.45) is 50.7. The minimum Gasteiger partial charge on any atom is -0.466 e. The van der Waals surface area contributed by atoms with E-state index in [-0.39, 0.29) is 84.6 Å². The van der Waals surface area contributed by atoms with Gasteiger partial charge in [0.05, 0.1) is 19.8 Å². The lowest BCUT2D eigenvalue weighted by molar-refractivity contribution is -0.145. The minimum atomic E-state index is -2.51. The number of nitrogens with two attached hydrogens (primary N) is 2. The molecular formula is C121H235F2N13O12. The van der Waals surface area contributed by atoms with Crippen molar-refractivity contribution >= 4 is 59.4 Å². The number of nitrogens with zero attached hydrogens (tertiary/aromatic N) is 2. The number of hydrogen-bond donors (Lipinski definition) is 11. The van der Waals surface area contributed by atoms with Gasteiger partial charge in [0.15, 0.2) is 0 Å². The number of urea groups is 2. The molecule has 0 aromatic rings. The van der Waals surface area contributed by atoms with Gasteiger partial charge in [-0.2, -0.15) is 0 Å². The molecule has 27 heteroatoms. The smallest absolute Gasteiger partial charge is 0.317 e. The van der Waals surface area contributed by atoms with Crippen molar-refractivity contribution in [3.63, 3.8) is 0 Å². The quantitative estimate of drug-likeness (QED) is 0.0199. The van der Waals surface area contributed by atoms with E-state index in [1.54, 1.807) is 25.9 Å². The van der Waals surface area contributed by atoms with Crippen molar-refractivity contribution in [1.82, 2.24) is 57.7 Å². The Hall–Kier alpha value is -7.06. The predicted molar refractivity (Wildman–Crippen MR) is 617 cm³/mol. The van der Waals surface area contributed by atoms with Gasteiger partial charge in [0.1, 0.15) is 0 Å². The molecule has 5 aliphatic heterocycles. The third kappa shape index (κ3) is 106. The number of carbonyl (C=O) groups excluding carboxylic acids is 10. The molecule has 0 aromatic heterocycles. The molecule has 148 heavy (non-hydrogen) atoms. The van der Waals surface area contributed by atoms with Crippen LogP contribution in [0.1, 0.15) is 475 Å². The summed E-state index contributed by atoms with van der Waals surface area (Å²) < 4.78 is 35.2. The van der Waals surface area contributed by atoms with Crippen LogP contribution in [0.25, 0.3) is 0 Å². The Morgan fingerprint density at radius 2 is 0.818 bits per heavy atom. The average molecular weight is 2100 g/mol. The predicted octanol–water partition coefficient (Wildman–Crippen LogP) is 26.7. The number of allylic oxidation sites excluding steroid dienone is 2. The highest BCUT2D eigenvalue weighted by Crippen LogP contribution is 2.44. The highest BCUT2D eigenvalue weighted by molar-refractivity contribution is 5.82. The van der Waals surface area contributed by atoms with Gasteiger partial charge in [-0.1, -0.05) is 237 Å². The fraction of sp³-hybridized carbons (Fsp3) is 0.868. The number of amides is 11. The first kappa shape index (κ1) is 147. The maximum absolute atomic E-state index is 12.5. The summed E-state index contributed by atoms with van der Waals surface area (Å²) in [5, 5.41) is 25.8. The number of esters is 1. The Balaban J connectivity index is -0.000000766. The van der Waals surface area contributed by atoms with Gasteiger partial charge in [-0.15, -0.1) is 0 Å². The fourth-order valence-electron chi connectivity index (χ4n) is 16.3. The third-order valence-electron chi connectivity index (χ3n) is 26.4. The molecular weight excluding hydrogens is 1870 g/mol. The van der Waals surface area contributed by atoms with E-state index in [4.69, 9.17) is 20.9 Å². The van der Waals surface area contributed by atoms with E-state index in [9.17, 15) is 56.7 Å². The molecule has 0 bridgehead atoms. The highest BCUT2D eigenvalue weighted by Gasteiger charge is 2.45. The molecule has 5 heterocycles. The summed E-state index contributed by atoms with van der Waals surface area (Å²) in [4.78, 5) is 114. The number of carbonyl (C=O) groups is 10. The Morgan fingerprint density at radius 1 is 0.439 bits per heavy atom. The molecule has 2 unspecified atom stereocenters. The largest absolute Gasteiger partial charge is 0.466 e. The van der Waals surface area contributed by atoms with Crippen LogP contribution in [-0.4, -0.2) is 174 Å². The van der Waals surface area contributed by atoms with Gasteiger partial charge < -0.3 is 78.6 Å². The van der Waals surface area contributed by atoms with Crippen molar-refractivity contribution in [2.75, 3.05) is 92.8 Å². The molecule has 3 aliphatic carbocycles. The van der Waals surface area contributed by atoms with Crippen LogP contribution in [0, 0.1) is 101 Å². The first-order valence-corrected chi connectivity index (χ1v) is 59.1. The van der Waals surface area contributed by atoms with E-state index < -0.39 is 5.92 Å². The van der Waals surface area contributed by atoms with E-state index in [0.717, 1.165) is 239 Å². The van der Waals surface area contributed by atoms with Crippen molar-refractivity contribution in [2.24, 2.45) is 112 Å². The van der Waals surface area contributed by atoms with Gasteiger partial charge in [-0.3, -0.25) is 38.4 Å². The van der Waals surface area contributed by atoms with Crippen molar-refractivity contribution in [3.8, 4) is 0 Å². The Kier molecular flexibility index (Phi) is 94.1. The second-order valence-electron chi connectivity index (χ2n) is 48.6. The highest BCUT2D eigenvalue weighted by atomic mass is 19.3. The van der Waals surface area contributed by atoms with Gasteiger partial charge in [0.2, 0.25) is 47.3 Å². The Labute approximate surface area is 906 Å². The number of alkyl halides is 2. The lowest BCUT2D eigenvalue weighted by Gasteiger charge is -2.34. The van der Waals surface area contributed by atoms with E-state index in [0.29, 0.717) is 74.0 Å². The van der Waals surface area contributed by atoms with Gasteiger partial charge in [0.25, 0.3) is 0 Å². The molecule has 8 aliphatic rings. The SMILES string of the molecule is C=C(N)CCCCC(C)C.C=C(N)CCCCC(C)C.CC(=O)NCCCC(C)C.CC(C)CCC1=CNC(=O)C1.CC(C)CCC1CNC(=O)C1.CC(C)CCCC1CCC(=O)N1.CC(C)CCCNC(=O)CC1CC(F)(F)C1.CC(C)CCCNC(=O)CC1CCC1.CC(C)CCCNC(=O)CC1COC1.CC(C)CCCNC(=O)N(C)C.CC(C)CCCNC(=O)N1CCCC1.CC(C)CCCOC(=O)CC1CCC1. The second-order valence-corrected chi connectivity index (χ2v) is 48.6. The molecule has 25 nitrogen and oxygen atoms in total. The van der Waals surface area contributed by atoms with Crippen LogP contribution in [0.3, 0.4) is 0 Å². The van der Waals surface area contributed by atoms with Crippen LogP contribution >= 0.6 is 0 Å². The fourth-order valence-corrected chi connectivity index (χ4v) is 16.3. The van der Waals surface area contributed by atoms with Gasteiger partial charge in [0, 0.05) is 167 Å². The first-order valence-electron chi connectivity index (χ1n) is 59.1. The molecule has 8 rings (SSSR count). The Bertz CT molecular complexity index is 3220. The molecule has 2 atom stereocenters. The van der Waals surface area contributed by atoms with E-state index in [2.05, 4.69) is 227 Å². The van der Waals surface area contributed by atoms with E-state index in [1.807, 2.05) is 11.1 Å². The second kappa shape index (κ2) is 94.7. The molecule has 3 saturated carbocycles. The number of nitrogens with one attached hydrogen (secondary N) is 9. The van der Waals surface area contributed by atoms with Crippen LogP contribution in [0.5, 0.6) is 0 Å². The number of rotatable bonds is 56. The first-order chi connectivity index (χ1) is 69.6. The normalized spacial score (nSPS) is 16.3. The third-order valence-corrected chi connectivity index (χ3v) is 26.4. The molecule has 11 amide bonds. The summed E-state index contributed by atoms with van der Waals surface area (Å²) >= 11 is 0. The van der Waals surface area contributed by atoms with Crippen LogP contribution in [0.4, 0.5) is 18.4 Å². The molecule has 870 valence electrons. The maximum Gasteiger partial charge on any atom is 0.317 e. The van der Waals surface area contributed by atoms with Crippen LogP contribution in [0.15, 0.2) is 36.3 Å². The minimum absolute atomic E-state index is 0.00115. The maximum atomic E-state index is 12.5. The summed E-state index contributed by atoms with van der Waals surface area (Å²) in [6.45, 7) is 71.6.